The molecular formula is C15H19FNNaO3. The average Bonchev–Trinajstić information content (AvgIpc) is 2.43. The van der Waals surface area contributed by atoms with Gasteiger partial charge in [0.2, 0.25) is 5.91 Å². The number of hydrogen-bond donors (Lipinski definition) is 1. The predicted octanol–water partition coefficient (Wildman–Crippen LogP) is -0.699. The van der Waals surface area contributed by atoms with Gasteiger partial charge in [-0.05, 0) is 30.5 Å². The van der Waals surface area contributed by atoms with Crippen molar-refractivity contribution in [1.82, 2.24) is 0 Å². The molecule has 0 fully saturated rings. The fourth-order valence-electron chi connectivity index (χ4n) is 1.77. The summed E-state index contributed by atoms with van der Waals surface area (Å²) in [6.07, 6.45) is 1.64. The Balaban J connectivity index is 0.00000400. The molecule has 0 aliphatic carbocycles. The van der Waals surface area contributed by atoms with Gasteiger partial charge in [0.05, 0.1) is 5.97 Å². The number of carbonyl (C=O) groups is 2. The summed E-state index contributed by atoms with van der Waals surface area (Å²) in [5, 5.41) is 13.2. The van der Waals surface area contributed by atoms with Gasteiger partial charge in [-0.15, -0.1) is 0 Å². The van der Waals surface area contributed by atoms with E-state index in [1.54, 1.807) is 0 Å². The van der Waals surface area contributed by atoms with Crippen molar-refractivity contribution >= 4 is 17.6 Å². The first-order chi connectivity index (χ1) is 9.52. The quantitative estimate of drug-likeness (QED) is 0.646. The van der Waals surface area contributed by atoms with Crippen LogP contribution in [0.3, 0.4) is 0 Å². The zero-order chi connectivity index (χ0) is 15.0. The van der Waals surface area contributed by atoms with Crippen molar-refractivity contribution in [2.75, 3.05) is 5.32 Å². The summed E-state index contributed by atoms with van der Waals surface area (Å²) in [6, 6.07) is 5.66. The van der Waals surface area contributed by atoms with Crippen LogP contribution in [0.1, 0.15) is 49.4 Å². The first-order valence-corrected chi connectivity index (χ1v) is 6.78. The second-order valence-corrected chi connectivity index (χ2v) is 4.69. The fourth-order valence-corrected chi connectivity index (χ4v) is 1.77. The van der Waals surface area contributed by atoms with Crippen LogP contribution in [0.15, 0.2) is 24.3 Å². The van der Waals surface area contributed by atoms with Crippen LogP contribution in [-0.2, 0) is 4.79 Å². The molecule has 0 bridgehead atoms. The molecule has 1 unspecified atom stereocenters. The maximum absolute atomic E-state index is 13.4. The number of halogens is 1. The molecule has 1 amide bonds. The number of benzene rings is 1. The number of carboxylic acids is 1. The summed E-state index contributed by atoms with van der Waals surface area (Å²) < 4.78 is 13.4. The molecule has 1 aromatic rings. The van der Waals surface area contributed by atoms with Crippen molar-refractivity contribution in [3.8, 4) is 0 Å². The molecule has 0 heterocycles. The molecule has 0 aromatic heterocycles. The molecule has 0 aliphatic heterocycles. The van der Waals surface area contributed by atoms with Crippen molar-refractivity contribution < 1.29 is 48.6 Å². The van der Waals surface area contributed by atoms with Crippen LogP contribution in [-0.4, -0.2) is 18.0 Å². The van der Waals surface area contributed by atoms with Crippen molar-refractivity contribution in [3.05, 3.63) is 29.8 Å². The van der Waals surface area contributed by atoms with E-state index in [1.165, 1.54) is 24.3 Å². The minimum atomic E-state index is -1.26. The number of hydrogen-bond acceptors (Lipinski definition) is 3. The third-order valence-electron chi connectivity index (χ3n) is 2.96. The number of aromatic carboxylic acids is 1. The van der Waals surface area contributed by atoms with Gasteiger partial charge in [-0.1, -0.05) is 31.9 Å². The van der Waals surface area contributed by atoms with Gasteiger partial charge in [0.15, 0.2) is 0 Å². The number of unbranched alkanes of at least 4 members (excludes halogenated alkanes) is 1. The Hall–Kier alpha value is -0.910. The first-order valence-electron chi connectivity index (χ1n) is 6.78. The van der Waals surface area contributed by atoms with Crippen LogP contribution in [0.4, 0.5) is 10.1 Å². The smallest absolute Gasteiger partial charge is 0.545 e. The second-order valence-electron chi connectivity index (χ2n) is 4.69. The maximum Gasteiger partial charge on any atom is 1.00 e. The molecule has 0 radical (unpaired) electrons. The number of nitrogens with one attached hydrogen (secondary N) is 1. The normalized spacial score (nSPS) is 11.3. The number of alkyl halides is 1. The molecular weight excluding hydrogens is 284 g/mol. The number of rotatable bonds is 8. The van der Waals surface area contributed by atoms with Gasteiger partial charge >= 0.3 is 29.6 Å². The SMILES string of the molecule is CCCCC(F)CCC(=O)Nc1ccc(C(=O)[O-])cc1.[Na+]. The minimum absolute atomic E-state index is 0. The number of anilines is 1. The number of carbonyl (C=O) groups excluding carboxylic acids is 2. The monoisotopic (exact) mass is 303 g/mol. The van der Waals surface area contributed by atoms with Crippen molar-refractivity contribution in [1.29, 1.82) is 0 Å². The molecule has 0 saturated heterocycles. The van der Waals surface area contributed by atoms with E-state index in [4.69, 9.17) is 0 Å². The molecule has 4 nitrogen and oxygen atoms in total. The van der Waals surface area contributed by atoms with Crippen LogP contribution < -0.4 is 40.0 Å². The summed E-state index contributed by atoms with van der Waals surface area (Å²) >= 11 is 0. The van der Waals surface area contributed by atoms with Crippen molar-refractivity contribution in [3.63, 3.8) is 0 Å². The summed E-state index contributed by atoms with van der Waals surface area (Å²) in [5.41, 5.74) is 0.537. The molecule has 1 aromatic carbocycles. The largest absolute Gasteiger partial charge is 1.00 e. The van der Waals surface area contributed by atoms with Crippen LogP contribution >= 0.6 is 0 Å². The first kappa shape index (κ1) is 20.1. The van der Waals surface area contributed by atoms with Gasteiger partial charge < -0.3 is 15.2 Å². The Bertz CT molecular complexity index is 451. The molecule has 0 saturated carbocycles. The molecule has 110 valence electrons. The van der Waals surface area contributed by atoms with Crippen molar-refractivity contribution in [2.45, 2.75) is 45.2 Å². The minimum Gasteiger partial charge on any atom is -0.545 e. The predicted molar refractivity (Wildman–Crippen MR) is 73.1 cm³/mol. The maximum atomic E-state index is 13.4. The molecule has 1 atom stereocenters. The zero-order valence-electron chi connectivity index (χ0n) is 12.5. The van der Waals surface area contributed by atoms with Gasteiger partial charge in [-0.3, -0.25) is 4.79 Å². The van der Waals surface area contributed by atoms with E-state index in [0.29, 0.717) is 12.1 Å². The van der Waals surface area contributed by atoms with Gasteiger partial charge in [-0.2, -0.15) is 0 Å². The van der Waals surface area contributed by atoms with Crippen LogP contribution in [0.25, 0.3) is 0 Å². The molecule has 21 heavy (non-hydrogen) atoms. The van der Waals surface area contributed by atoms with E-state index in [2.05, 4.69) is 5.32 Å². The fraction of sp³-hybridized carbons (Fsp3) is 0.467. The van der Waals surface area contributed by atoms with E-state index in [-0.39, 0.29) is 53.9 Å². The number of amides is 1. The molecule has 1 rings (SSSR count). The van der Waals surface area contributed by atoms with Gasteiger partial charge in [-0.25, -0.2) is 4.39 Å². The Morgan fingerprint density at radius 2 is 1.86 bits per heavy atom. The third kappa shape index (κ3) is 8.19. The van der Waals surface area contributed by atoms with Crippen LogP contribution in [0, 0.1) is 0 Å². The molecule has 1 N–H and O–H groups in total. The van der Waals surface area contributed by atoms with Crippen molar-refractivity contribution in [2.24, 2.45) is 0 Å². The van der Waals surface area contributed by atoms with Crippen LogP contribution in [0.2, 0.25) is 0 Å². The topological polar surface area (TPSA) is 69.2 Å². The summed E-state index contributed by atoms with van der Waals surface area (Å²) in [6.45, 7) is 2.00. The van der Waals surface area contributed by atoms with E-state index in [0.717, 1.165) is 12.8 Å². The Kier molecular flexibility index (Phi) is 10.3. The summed E-state index contributed by atoms with van der Waals surface area (Å²) in [7, 11) is 0. The standard InChI is InChI=1S/C15H20FNO3.Na/c1-2-3-4-12(16)7-10-14(18)17-13-8-5-11(6-9-13)15(19)20;/h5-6,8-9,12H,2-4,7,10H2,1H3,(H,17,18)(H,19,20);/q;+1/p-1. The van der Waals surface area contributed by atoms with Gasteiger partial charge in [0.1, 0.15) is 6.17 Å². The van der Waals surface area contributed by atoms with E-state index in [9.17, 15) is 19.1 Å². The molecule has 6 heteroatoms. The Labute approximate surface area is 146 Å². The van der Waals surface area contributed by atoms with Crippen LogP contribution in [0.5, 0.6) is 0 Å². The summed E-state index contributed by atoms with van der Waals surface area (Å²) in [5.74, 6) is -1.54. The van der Waals surface area contributed by atoms with E-state index in [1.807, 2.05) is 6.92 Å². The van der Waals surface area contributed by atoms with Gasteiger partial charge in [0.25, 0.3) is 0 Å². The Morgan fingerprint density at radius 1 is 1.24 bits per heavy atom. The van der Waals surface area contributed by atoms with E-state index < -0.39 is 12.1 Å². The molecule has 0 spiro atoms. The average molecular weight is 303 g/mol. The Morgan fingerprint density at radius 3 is 2.38 bits per heavy atom. The molecule has 0 aliphatic rings. The third-order valence-corrected chi connectivity index (χ3v) is 2.96. The van der Waals surface area contributed by atoms with Gasteiger partial charge in [0, 0.05) is 12.1 Å². The zero-order valence-corrected chi connectivity index (χ0v) is 14.5. The number of carboxylic acid groups (broad SMARTS) is 1. The second kappa shape index (κ2) is 10.8. The van der Waals surface area contributed by atoms with E-state index >= 15 is 0 Å². The summed E-state index contributed by atoms with van der Waals surface area (Å²) in [4.78, 5) is 22.2.